The molecule has 0 saturated heterocycles. The summed E-state index contributed by atoms with van der Waals surface area (Å²) in [5.74, 6) is 2.03. The van der Waals surface area contributed by atoms with E-state index >= 15 is 0 Å². The van der Waals surface area contributed by atoms with Gasteiger partial charge in [0.2, 0.25) is 5.88 Å². The van der Waals surface area contributed by atoms with Gasteiger partial charge in [-0.05, 0) is 31.6 Å². The third kappa shape index (κ3) is 2.92. The largest absolute Gasteiger partial charge is 0.474 e. The molecule has 4 heteroatoms. The second-order valence-electron chi connectivity index (χ2n) is 5.08. The SMILES string of the molecule is CCc1c(N)ncnc1OC1CCCC(CC)C1. The van der Waals surface area contributed by atoms with E-state index in [0.29, 0.717) is 17.8 Å². The molecule has 0 aliphatic heterocycles. The molecule has 1 heterocycles. The molecular formula is C14H23N3O. The van der Waals surface area contributed by atoms with Gasteiger partial charge < -0.3 is 10.5 Å². The third-order valence-electron chi connectivity index (χ3n) is 3.88. The number of nitrogens with zero attached hydrogens (tertiary/aromatic N) is 2. The first-order valence-electron chi connectivity index (χ1n) is 7.00. The van der Waals surface area contributed by atoms with Crippen LogP contribution in [-0.4, -0.2) is 16.1 Å². The lowest BCUT2D eigenvalue weighted by Crippen LogP contribution is -2.26. The summed E-state index contributed by atoms with van der Waals surface area (Å²) in [5, 5.41) is 0. The highest BCUT2D eigenvalue weighted by molar-refractivity contribution is 5.44. The summed E-state index contributed by atoms with van der Waals surface area (Å²) in [7, 11) is 0. The van der Waals surface area contributed by atoms with Crippen molar-refractivity contribution in [2.45, 2.75) is 58.5 Å². The molecule has 2 N–H and O–H groups in total. The van der Waals surface area contributed by atoms with Crippen molar-refractivity contribution in [3.63, 3.8) is 0 Å². The molecule has 100 valence electrons. The summed E-state index contributed by atoms with van der Waals surface area (Å²) in [5.41, 5.74) is 6.80. The van der Waals surface area contributed by atoms with Crippen LogP contribution >= 0.6 is 0 Å². The molecule has 1 aromatic rings. The molecule has 0 bridgehead atoms. The summed E-state index contributed by atoms with van der Waals surface area (Å²) < 4.78 is 6.06. The number of anilines is 1. The number of rotatable bonds is 4. The Hall–Kier alpha value is -1.32. The van der Waals surface area contributed by atoms with Gasteiger partial charge in [-0.25, -0.2) is 9.97 Å². The van der Waals surface area contributed by atoms with Gasteiger partial charge in [-0.1, -0.05) is 26.7 Å². The molecule has 18 heavy (non-hydrogen) atoms. The lowest BCUT2D eigenvalue weighted by molar-refractivity contribution is 0.116. The van der Waals surface area contributed by atoms with Crippen molar-refractivity contribution < 1.29 is 4.74 Å². The minimum atomic E-state index is 0.295. The Morgan fingerprint density at radius 1 is 1.33 bits per heavy atom. The molecule has 1 aliphatic rings. The highest BCUT2D eigenvalue weighted by atomic mass is 16.5. The fraction of sp³-hybridized carbons (Fsp3) is 0.714. The standard InChI is InChI=1S/C14H23N3O/c1-3-10-6-5-7-11(8-10)18-14-12(4-2)13(15)16-9-17-14/h9-11H,3-8H2,1-2H3,(H2,15,16,17). The molecule has 2 unspecified atom stereocenters. The van der Waals surface area contributed by atoms with Crippen molar-refractivity contribution in [2.24, 2.45) is 5.92 Å². The van der Waals surface area contributed by atoms with E-state index in [1.807, 2.05) is 0 Å². The van der Waals surface area contributed by atoms with Gasteiger partial charge in [0, 0.05) is 0 Å². The first kappa shape index (κ1) is 13.1. The summed E-state index contributed by atoms with van der Waals surface area (Å²) in [6.07, 6.45) is 8.70. The highest BCUT2D eigenvalue weighted by Gasteiger charge is 2.23. The Kier molecular flexibility index (Phi) is 4.39. The summed E-state index contributed by atoms with van der Waals surface area (Å²) >= 11 is 0. The predicted octanol–water partition coefficient (Wildman–Crippen LogP) is 2.97. The molecular weight excluding hydrogens is 226 g/mol. The molecule has 0 aromatic carbocycles. The van der Waals surface area contributed by atoms with Gasteiger partial charge in [-0.2, -0.15) is 0 Å². The van der Waals surface area contributed by atoms with Crippen molar-refractivity contribution in [3.8, 4) is 5.88 Å². The number of ether oxygens (including phenoxy) is 1. The number of hydrogen-bond donors (Lipinski definition) is 1. The first-order chi connectivity index (χ1) is 8.74. The van der Waals surface area contributed by atoms with Gasteiger partial charge in [0.05, 0.1) is 5.56 Å². The molecule has 1 aliphatic carbocycles. The van der Waals surface area contributed by atoms with Crippen LogP contribution in [-0.2, 0) is 6.42 Å². The Morgan fingerprint density at radius 2 is 2.17 bits per heavy atom. The molecule has 2 rings (SSSR count). The number of aromatic nitrogens is 2. The van der Waals surface area contributed by atoms with E-state index in [2.05, 4.69) is 23.8 Å². The van der Waals surface area contributed by atoms with Crippen LogP contribution in [0.1, 0.15) is 51.5 Å². The smallest absolute Gasteiger partial charge is 0.222 e. The molecule has 0 amide bonds. The normalized spacial score (nSPS) is 23.9. The lowest BCUT2D eigenvalue weighted by Gasteiger charge is -2.29. The van der Waals surface area contributed by atoms with Crippen molar-refractivity contribution in [1.82, 2.24) is 9.97 Å². The fourth-order valence-corrected chi connectivity index (χ4v) is 2.72. The van der Waals surface area contributed by atoms with E-state index in [1.165, 1.54) is 25.6 Å². The van der Waals surface area contributed by atoms with Crippen LogP contribution in [0.25, 0.3) is 0 Å². The molecule has 4 nitrogen and oxygen atoms in total. The van der Waals surface area contributed by atoms with Crippen molar-refractivity contribution >= 4 is 5.82 Å². The first-order valence-corrected chi connectivity index (χ1v) is 7.00. The molecule has 1 fully saturated rings. The Balaban J connectivity index is 2.07. The van der Waals surface area contributed by atoms with Crippen LogP contribution in [0, 0.1) is 5.92 Å². The average Bonchev–Trinajstić information content (AvgIpc) is 2.39. The van der Waals surface area contributed by atoms with E-state index < -0.39 is 0 Å². The van der Waals surface area contributed by atoms with Crippen LogP contribution in [0.4, 0.5) is 5.82 Å². The second kappa shape index (κ2) is 6.03. The maximum absolute atomic E-state index is 6.06. The zero-order valence-electron chi connectivity index (χ0n) is 11.4. The zero-order valence-corrected chi connectivity index (χ0v) is 11.4. The van der Waals surface area contributed by atoms with Gasteiger partial charge in [-0.3, -0.25) is 0 Å². The monoisotopic (exact) mass is 249 g/mol. The maximum Gasteiger partial charge on any atom is 0.222 e. The molecule has 1 aromatic heterocycles. The van der Waals surface area contributed by atoms with Gasteiger partial charge in [0.25, 0.3) is 0 Å². The van der Waals surface area contributed by atoms with E-state index in [0.717, 1.165) is 30.7 Å². The quantitative estimate of drug-likeness (QED) is 0.891. The van der Waals surface area contributed by atoms with E-state index in [1.54, 1.807) is 0 Å². The Bertz CT molecular complexity index is 395. The molecule has 2 atom stereocenters. The predicted molar refractivity (Wildman–Crippen MR) is 72.5 cm³/mol. The van der Waals surface area contributed by atoms with Crippen molar-refractivity contribution in [1.29, 1.82) is 0 Å². The lowest BCUT2D eigenvalue weighted by atomic mass is 9.85. The number of hydrogen-bond acceptors (Lipinski definition) is 4. The second-order valence-corrected chi connectivity index (χ2v) is 5.08. The van der Waals surface area contributed by atoms with Crippen LogP contribution in [0.3, 0.4) is 0 Å². The zero-order chi connectivity index (χ0) is 13.0. The van der Waals surface area contributed by atoms with Crippen molar-refractivity contribution in [3.05, 3.63) is 11.9 Å². The summed E-state index contributed by atoms with van der Waals surface area (Å²) in [6.45, 7) is 4.31. The topological polar surface area (TPSA) is 61.0 Å². The van der Waals surface area contributed by atoms with E-state index in [4.69, 9.17) is 10.5 Å². The Morgan fingerprint density at radius 3 is 2.89 bits per heavy atom. The molecule has 0 radical (unpaired) electrons. The van der Waals surface area contributed by atoms with Gasteiger partial charge >= 0.3 is 0 Å². The van der Waals surface area contributed by atoms with E-state index in [-0.39, 0.29) is 0 Å². The van der Waals surface area contributed by atoms with Crippen LogP contribution in [0.5, 0.6) is 5.88 Å². The number of nitrogen functional groups attached to an aromatic ring is 1. The summed E-state index contributed by atoms with van der Waals surface area (Å²) in [4.78, 5) is 8.26. The van der Waals surface area contributed by atoms with Gasteiger partial charge in [0.15, 0.2) is 0 Å². The third-order valence-corrected chi connectivity index (χ3v) is 3.88. The minimum Gasteiger partial charge on any atom is -0.474 e. The molecule has 0 spiro atoms. The summed E-state index contributed by atoms with van der Waals surface area (Å²) in [6, 6.07) is 0. The minimum absolute atomic E-state index is 0.295. The average molecular weight is 249 g/mol. The van der Waals surface area contributed by atoms with Gasteiger partial charge in [0.1, 0.15) is 18.2 Å². The fourth-order valence-electron chi connectivity index (χ4n) is 2.72. The highest BCUT2D eigenvalue weighted by Crippen LogP contribution is 2.30. The van der Waals surface area contributed by atoms with Crippen molar-refractivity contribution in [2.75, 3.05) is 5.73 Å². The van der Waals surface area contributed by atoms with Gasteiger partial charge in [-0.15, -0.1) is 0 Å². The van der Waals surface area contributed by atoms with E-state index in [9.17, 15) is 0 Å². The number of nitrogens with two attached hydrogens (primary N) is 1. The van der Waals surface area contributed by atoms with Crippen LogP contribution in [0.2, 0.25) is 0 Å². The van der Waals surface area contributed by atoms with Crippen LogP contribution < -0.4 is 10.5 Å². The molecule has 1 saturated carbocycles. The Labute approximate surface area is 109 Å². The maximum atomic E-state index is 6.06. The van der Waals surface area contributed by atoms with Crippen LogP contribution in [0.15, 0.2) is 6.33 Å².